The standard InChI is InChI=1S/C23H30N4O3.HI/c1-2-24-23(27-20-14-19-9-10-21(20)30-19)26-16-17-8-11-22(25-15-17)29-13-12-28-18-6-4-3-5-7-18;/h3-8,11,15,19-21H,2,9-10,12-14,16H2,1H3,(H2,24,26,27);1H. The van der Waals surface area contributed by atoms with Crippen LogP contribution < -0.4 is 20.1 Å². The molecule has 0 spiro atoms. The molecule has 2 aromatic rings. The number of benzene rings is 1. The van der Waals surface area contributed by atoms with Gasteiger partial charge < -0.3 is 24.8 Å². The highest BCUT2D eigenvalue weighted by Gasteiger charge is 2.41. The van der Waals surface area contributed by atoms with Crippen LogP contribution in [-0.4, -0.2) is 49.0 Å². The summed E-state index contributed by atoms with van der Waals surface area (Å²) in [5.74, 6) is 2.25. The summed E-state index contributed by atoms with van der Waals surface area (Å²) in [5.41, 5.74) is 1.03. The van der Waals surface area contributed by atoms with E-state index in [4.69, 9.17) is 19.2 Å². The van der Waals surface area contributed by atoms with Gasteiger partial charge in [0.2, 0.25) is 5.88 Å². The van der Waals surface area contributed by atoms with Gasteiger partial charge in [0.15, 0.2) is 5.96 Å². The Labute approximate surface area is 201 Å². The van der Waals surface area contributed by atoms with Crippen LogP contribution in [0, 0.1) is 0 Å². The van der Waals surface area contributed by atoms with Gasteiger partial charge in [0.05, 0.1) is 24.8 Å². The van der Waals surface area contributed by atoms with E-state index in [1.165, 1.54) is 6.42 Å². The lowest BCUT2D eigenvalue weighted by Crippen LogP contribution is -2.47. The zero-order chi connectivity index (χ0) is 20.6. The summed E-state index contributed by atoms with van der Waals surface area (Å²) in [6, 6.07) is 13.9. The van der Waals surface area contributed by atoms with Gasteiger partial charge in [-0.05, 0) is 43.9 Å². The van der Waals surface area contributed by atoms with Crippen molar-refractivity contribution >= 4 is 29.9 Å². The first kappa shape index (κ1) is 23.6. The minimum Gasteiger partial charge on any atom is -0.490 e. The fraction of sp³-hybridized carbons (Fsp3) is 0.478. The Morgan fingerprint density at radius 2 is 1.97 bits per heavy atom. The summed E-state index contributed by atoms with van der Waals surface area (Å²) >= 11 is 0. The summed E-state index contributed by atoms with van der Waals surface area (Å²) in [5, 5.41) is 6.86. The molecule has 2 N–H and O–H groups in total. The minimum absolute atomic E-state index is 0. The number of hydrogen-bond acceptors (Lipinski definition) is 5. The molecule has 7 nitrogen and oxygen atoms in total. The van der Waals surface area contributed by atoms with Crippen molar-refractivity contribution in [2.24, 2.45) is 4.99 Å². The van der Waals surface area contributed by atoms with Crippen LogP contribution in [0.15, 0.2) is 53.7 Å². The average molecular weight is 538 g/mol. The van der Waals surface area contributed by atoms with Gasteiger partial charge in [-0.2, -0.15) is 0 Å². The molecule has 168 valence electrons. The molecule has 3 atom stereocenters. The third-order valence-electron chi connectivity index (χ3n) is 5.33. The number of halogens is 1. The van der Waals surface area contributed by atoms with Gasteiger partial charge in [0, 0.05) is 18.8 Å². The van der Waals surface area contributed by atoms with Crippen LogP contribution in [0.3, 0.4) is 0 Å². The topological polar surface area (TPSA) is 77.0 Å². The first-order valence-electron chi connectivity index (χ1n) is 10.8. The molecular weight excluding hydrogens is 507 g/mol. The summed E-state index contributed by atoms with van der Waals surface area (Å²) < 4.78 is 17.2. The fourth-order valence-corrected chi connectivity index (χ4v) is 3.87. The molecule has 0 amide bonds. The number of guanidine groups is 1. The second kappa shape index (κ2) is 12.1. The lowest BCUT2D eigenvalue weighted by Gasteiger charge is -2.22. The zero-order valence-electron chi connectivity index (χ0n) is 17.8. The molecule has 4 rings (SSSR count). The second-order valence-electron chi connectivity index (χ2n) is 7.57. The van der Waals surface area contributed by atoms with E-state index >= 15 is 0 Å². The first-order chi connectivity index (χ1) is 14.8. The van der Waals surface area contributed by atoms with E-state index in [2.05, 4.69) is 22.5 Å². The highest BCUT2D eigenvalue weighted by molar-refractivity contribution is 14.0. The lowest BCUT2D eigenvalue weighted by molar-refractivity contribution is 0.0992. The average Bonchev–Trinajstić information content (AvgIpc) is 3.40. The van der Waals surface area contributed by atoms with Crippen molar-refractivity contribution in [3.8, 4) is 11.6 Å². The van der Waals surface area contributed by atoms with E-state index < -0.39 is 0 Å². The number of aliphatic imine (C=N–C) groups is 1. The quantitative estimate of drug-likeness (QED) is 0.220. The smallest absolute Gasteiger partial charge is 0.213 e. The highest BCUT2D eigenvalue weighted by Crippen LogP contribution is 2.34. The van der Waals surface area contributed by atoms with Crippen molar-refractivity contribution in [1.29, 1.82) is 0 Å². The number of ether oxygens (including phenoxy) is 3. The number of rotatable bonds is 9. The molecule has 8 heteroatoms. The van der Waals surface area contributed by atoms with Crippen molar-refractivity contribution in [3.05, 3.63) is 54.2 Å². The second-order valence-corrected chi connectivity index (χ2v) is 7.57. The van der Waals surface area contributed by atoms with Gasteiger partial charge >= 0.3 is 0 Å². The maximum atomic E-state index is 5.93. The fourth-order valence-electron chi connectivity index (χ4n) is 3.87. The maximum Gasteiger partial charge on any atom is 0.213 e. The van der Waals surface area contributed by atoms with Gasteiger partial charge in [-0.1, -0.05) is 24.3 Å². The maximum absolute atomic E-state index is 5.93. The largest absolute Gasteiger partial charge is 0.490 e. The van der Waals surface area contributed by atoms with Gasteiger partial charge in [-0.25, -0.2) is 9.98 Å². The molecule has 0 radical (unpaired) electrons. The third-order valence-corrected chi connectivity index (χ3v) is 5.33. The number of pyridine rings is 1. The van der Waals surface area contributed by atoms with E-state index in [9.17, 15) is 0 Å². The summed E-state index contributed by atoms with van der Waals surface area (Å²) in [6.45, 7) is 4.37. The molecule has 0 saturated carbocycles. The SMILES string of the molecule is CCNC(=NCc1ccc(OCCOc2ccccc2)nc1)NC1CC2CCC1O2.I. The van der Waals surface area contributed by atoms with Crippen LogP contribution in [-0.2, 0) is 11.3 Å². The molecule has 2 fully saturated rings. The van der Waals surface area contributed by atoms with E-state index in [0.717, 1.165) is 36.7 Å². The predicted molar refractivity (Wildman–Crippen MR) is 131 cm³/mol. The number of hydrogen-bond donors (Lipinski definition) is 2. The molecule has 3 unspecified atom stereocenters. The van der Waals surface area contributed by atoms with Crippen LogP contribution in [0.1, 0.15) is 31.7 Å². The Bertz CT molecular complexity index is 819. The van der Waals surface area contributed by atoms with Crippen molar-refractivity contribution in [2.45, 2.75) is 51.0 Å². The number of para-hydroxylation sites is 1. The Kier molecular flexibility index (Phi) is 9.20. The van der Waals surface area contributed by atoms with E-state index in [1.807, 2.05) is 42.5 Å². The predicted octanol–water partition coefficient (Wildman–Crippen LogP) is 3.53. The van der Waals surface area contributed by atoms with E-state index in [1.54, 1.807) is 6.20 Å². The van der Waals surface area contributed by atoms with Gasteiger partial charge in [0.1, 0.15) is 19.0 Å². The molecule has 1 aromatic heterocycles. The summed E-state index contributed by atoms with van der Waals surface area (Å²) in [7, 11) is 0. The van der Waals surface area contributed by atoms with Crippen LogP contribution >= 0.6 is 24.0 Å². The molecule has 2 saturated heterocycles. The number of nitrogens with one attached hydrogen (secondary N) is 2. The summed E-state index contributed by atoms with van der Waals surface area (Å²) in [6.07, 6.45) is 5.95. The molecule has 31 heavy (non-hydrogen) atoms. The molecule has 0 aliphatic carbocycles. The van der Waals surface area contributed by atoms with Crippen LogP contribution in [0.2, 0.25) is 0 Å². The monoisotopic (exact) mass is 538 g/mol. The third kappa shape index (κ3) is 6.96. The van der Waals surface area contributed by atoms with Gasteiger partial charge in [0.25, 0.3) is 0 Å². The molecule has 2 bridgehead atoms. The van der Waals surface area contributed by atoms with E-state index in [0.29, 0.717) is 43.9 Å². The molecule has 1 aromatic carbocycles. The van der Waals surface area contributed by atoms with Crippen molar-refractivity contribution in [1.82, 2.24) is 15.6 Å². The lowest BCUT2D eigenvalue weighted by atomic mass is 9.96. The summed E-state index contributed by atoms with van der Waals surface area (Å²) in [4.78, 5) is 9.08. The number of nitrogens with zero attached hydrogens (tertiary/aromatic N) is 2. The van der Waals surface area contributed by atoms with Gasteiger partial charge in [-0.3, -0.25) is 0 Å². The Morgan fingerprint density at radius 3 is 2.65 bits per heavy atom. The molecule has 2 aliphatic heterocycles. The molecular formula is C23H31IN4O3. The molecule has 3 heterocycles. The molecule has 2 aliphatic rings. The van der Waals surface area contributed by atoms with Crippen molar-refractivity contribution < 1.29 is 14.2 Å². The normalized spacial score (nSPS) is 22.0. The highest BCUT2D eigenvalue weighted by atomic mass is 127. The Balaban J connectivity index is 0.00000272. The van der Waals surface area contributed by atoms with Gasteiger partial charge in [-0.15, -0.1) is 24.0 Å². The van der Waals surface area contributed by atoms with Crippen molar-refractivity contribution in [2.75, 3.05) is 19.8 Å². The van der Waals surface area contributed by atoms with E-state index in [-0.39, 0.29) is 24.0 Å². The minimum atomic E-state index is 0. The van der Waals surface area contributed by atoms with Crippen LogP contribution in [0.25, 0.3) is 0 Å². The van der Waals surface area contributed by atoms with Crippen LogP contribution in [0.4, 0.5) is 0 Å². The zero-order valence-corrected chi connectivity index (χ0v) is 20.2. The van der Waals surface area contributed by atoms with Crippen molar-refractivity contribution in [3.63, 3.8) is 0 Å². The number of fused-ring (bicyclic) bond motifs is 2. The Morgan fingerprint density at radius 1 is 1.13 bits per heavy atom. The Hall–Kier alpha value is -2.07. The number of aromatic nitrogens is 1. The van der Waals surface area contributed by atoms with Crippen LogP contribution in [0.5, 0.6) is 11.6 Å². The first-order valence-corrected chi connectivity index (χ1v) is 10.8.